The molecule has 0 aliphatic carbocycles. The molecular formula is C12H16N4O3. The third kappa shape index (κ3) is 2.50. The molecule has 0 amide bonds. The van der Waals surface area contributed by atoms with Gasteiger partial charge in [-0.3, -0.25) is 4.68 Å². The zero-order valence-electron chi connectivity index (χ0n) is 11.0. The molecule has 2 aromatic heterocycles. The highest BCUT2D eigenvalue weighted by Gasteiger charge is 2.18. The highest BCUT2D eigenvalue weighted by Crippen LogP contribution is 2.26. The molecule has 0 aliphatic rings. The van der Waals surface area contributed by atoms with Gasteiger partial charge >= 0.3 is 5.97 Å². The molecule has 0 aliphatic heterocycles. The van der Waals surface area contributed by atoms with Crippen LogP contribution >= 0.6 is 0 Å². The first-order chi connectivity index (χ1) is 9.04. The molecule has 2 rings (SSSR count). The lowest BCUT2D eigenvalue weighted by Gasteiger charge is -2.16. The summed E-state index contributed by atoms with van der Waals surface area (Å²) in [6.07, 6.45) is 2.95. The summed E-state index contributed by atoms with van der Waals surface area (Å²) in [6, 6.07) is -0.0195. The van der Waals surface area contributed by atoms with Gasteiger partial charge in [-0.05, 0) is 6.92 Å². The van der Waals surface area contributed by atoms with Crippen LogP contribution in [0.1, 0.15) is 17.3 Å². The second kappa shape index (κ2) is 5.23. The van der Waals surface area contributed by atoms with Crippen molar-refractivity contribution in [2.45, 2.75) is 13.0 Å². The van der Waals surface area contributed by atoms with Gasteiger partial charge in [0.15, 0.2) is 5.65 Å². The van der Waals surface area contributed by atoms with Crippen molar-refractivity contribution in [3.8, 4) is 0 Å². The monoisotopic (exact) mass is 264 g/mol. The third-order valence-electron chi connectivity index (χ3n) is 2.80. The average molecular weight is 264 g/mol. The maximum Gasteiger partial charge on any atom is 0.339 e. The van der Waals surface area contributed by atoms with E-state index in [0.717, 1.165) is 0 Å². The van der Waals surface area contributed by atoms with Crippen molar-refractivity contribution < 1.29 is 14.6 Å². The Morgan fingerprint density at radius 2 is 2.32 bits per heavy atom. The van der Waals surface area contributed by atoms with Crippen molar-refractivity contribution in [2.24, 2.45) is 7.05 Å². The Labute approximate surface area is 110 Å². The molecule has 0 spiro atoms. The molecule has 7 heteroatoms. The van der Waals surface area contributed by atoms with Gasteiger partial charge in [0.25, 0.3) is 0 Å². The normalized spacial score (nSPS) is 12.6. The molecule has 2 heterocycles. The molecular weight excluding hydrogens is 248 g/mol. The number of aromatic nitrogens is 3. The van der Waals surface area contributed by atoms with Crippen molar-refractivity contribution in [2.75, 3.05) is 19.0 Å². The number of nitrogens with zero attached hydrogens (tertiary/aromatic N) is 3. The lowest BCUT2D eigenvalue weighted by Crippen LogP contribution is -2.22. The van der Waals surface area contributed by atoms with Crippen LogP contribution in [-0.2, 0) is 11.8 Å². The smallest absolute Gasteiger partial charge is 0.339 e. The number of aromatic carboxylic acids is 1. The molecule has 1 atom stereocenters. The lowest BCUT2D eigenvalue weighted by molar-refractivity contribution is 0.0697. The van der Waals surface area contributed by atoms with Crippen LogP contribution in [0.5, 0.6) is 0 Å². The second-order valence-electron chi connectivity index (χ2n) is 4.36. The molecule has 0 fully saturated rings. The number of aryl methyl sites for hydroxylation is 1. The SMILES string of the molecule is COCC(C)Nc1c(C(=O)O)cnc2c1cnn2C. The van der Waals surface area contributed by atoms with Gasteiger partial charge in [-0.1, -0.05) is 0 Å². The minimum Gasteiger partial charge on any atom is -0.478 e. The summed E-state index contributed by atoms with van der Waals surface area (Å²) < 4.78 is 6.65. The van der Waals surface area contributed by atoms with E-state index in [2.05, 4.69) is 15.4 Å². The van der Waals surface area contributed by atoms with Crippen LogP contribution in [0.15, 0.2) is 12.4 Å². The number of hydrogen-bond donors (Lipinski definition) is 2. The number of anilines is 1. The number of carbonyl (C=O) groups is 1. The van der Waals surface area contributed by atoms with Crippen LogP contribution in [-0.4, -0.2) is 45.6 Å². The molecule has 1 unspecified atom stereocenters. The number of rotatable bonds is 5. The molecule has 102 valence electrons. The molecule has 2 aromatic rings. The van der Waals surface area contributed by atoms with E-state index in [1.165, 1.54) is 6.20 Å². The van der Waals surface area contributed by atoms with Gasteiger partial charge in [0.1, 0.15) is 5.56 Å². The second-order valence-corrected chi connectivity index (χ2v) is 4.36. The molecule has 2 N–H and O–H groups in total. The number of carboxylic acid groups (broad SMARTS) is 1. The van der Waals surface area contributed by atoms with Gasteiger partial charge in [0.05, 0.1) is 23.9 Å². The van der Waals surface area contributed by atoms with Gasteiger partial charge in [0.2, 0.25) is 0 Å². The Kier molecular flexibility index (Phi) is 3.66. The van der Waals surface area contributed by atoms with Crippen molar-refractivity contribution in [3.05, 3.63) is 18.0 Å². The van der Waals surface area contributed by atoms with Gasteiger partial charge in [-0.25, -0.2) is 9.78 Å². The predicted molar refractivity (Wildman–Crippen MR) is 70.4 cm³/mol. The quantitative estimate of drug-likeness (QED) is 0.841. The summed E-state index contributed by atoms with van der Waals surface area (Å²) in [7, 11) is 3.36. The summed E-state index contributed by atoms with van der Waals surface area (Å²) in [5.41, 5.74) is 1.29. The summed E-state index contributed by atoms with van der Waals surface area (Å²) in [4.78, 5) is 15.4. The number of nitrogens with one attached hydrogen (secondary N) is 1. The first kappa shape index (κ1) is 13.3. The number of methoxy groups -OCH3 is 1. The van der Waals surface area contributed by atoms with Crippen molar-refractivity contribution >= 4 is 22.7 Å². The van der Waals surface area contributed by atoms with E-state index in [0.29, 0.717) is 23.3 Å². The Bertz CT molecular complexity index is 608. The Hall–Kier alpha value is -2.15. The van der Waals surface area contributed by atoms with E-state index in [9.17, 15) is 9.90 Å². The van der Waals surface area contributed by atoms with E-state index < -0.39 is 5.97 Å². The maximum atomic E-state index is 11.3. The molecule has 0 aromatic carbocycles. The topological polar surface area (TPSA) is 89.3 Å². The maximum absolute atomic E-state index is 11.3. The molecule has 0 bridgehead atoms. The van der Waals surface area contributed by atoms with Gasteiger partial charge < -0.3 is 15.2 Å². The van der Waals surface area contributed by atoms with Crippen molar-refractivity contribution in [1.82, 2.24) is 14.8 Å². The standard InChI is InChI=1S/C12H16N4O3/c1-7(6-19-3)15-10-8-5-14-16(2)11(8)13-4-9(10)12(17)18/h4-5,7H,6H2,1-3H3,(H,13,15)(H,17,18). The lowest BCUT2D eigenvalue weighted by atomic mass is 10.1. The zero-order valence-corrected chi connectivity index (χ0v) is 11.0. The third-order valence-corrected chi connectivity index (χ3v) is 2.80. The zero-order chi connectivity index (χ0) is 14.0. The Balaban J connectivity index is 2.52. The molecule has 19 heavy (non-hydrogen) atoms. The number of ether oxygens (including phenoxy) is 1. The minimum absolute atomic E-state index is 0.0195. The fraction of sp³-hybridized carbons (Fsp3) is 0.417. The highest BCUT2D eigenvalue weighted by atomic mass is 16.5. The number of hydrogen-bond acceptors (Lipinski definition) is 5. The van der Waals surface area contributed by atoms with E-state index in [1.807, 2.05) is 6.92 Å². The molecule has 0 saturated carbocycles. The summed E-state index contributed by atoms with van der Waals surface area (Å²) in [5.74, 6) is -1.02. The fourth-order valence-corrected chi connectivity index (χ4v) is 1.95. The van der Waals surface area contributed by atoms with E-state index in [-0.39, 0.29) is 11.6 Å². The van der Waals surface area contributed by atoms with Crippen LogP contribution in [0.3, 0.4) is 0 Å². The van der Waals surface area contributed by atoms with Crippen molar-refractivity contribution in [1.29, 1.82) is 0 Å². The Morgan fingerprint density at radius 1 is 1.58 bits per heavy atom. The number of carboxylic acids is 1. The van der Waals surface area contributed by atoms with Crippen LogP contribution in [0.4, 0.5) is 5.69 Å². The minimum atomic E-state index is -1.02. The highest BCUT2D eigenvalue weighted by molar-refractivity contribution is 6.03. The van der Waals surface area contributed by atoms with Gasteiger partial charge in [-0.2, -0.15) is 5.10 Å². The molecule has 0 radical (unpaired) electrons. The fourth-order valence-electron chi connectivity index (χ4n) is 1.95. The summed E-state index contributed by atoms with van der Waals surface area (Å²) in [5, 5.41) is 17.2. The molecule has 0 saturated heterocycles. The van der Waals surface area contributed by atoms with E-state index in [4.69, 9.17) is 4.74 Å². The number of pyridine rings is 1. The van der Waals surface area contributed by atoms with E-state index in [1.54, 1.807) is 25.0 Å². The van der Waals surface area contributed by atoms with Crippen LogP contribution < -0.4 is 5.32 Å². The average Bonchev–Trinajstić information content (AvgIpc) is 2.72. The number of fused-ring (bicyclic) bond motifs is 1. The summed E-state index contributed by atoms with van der Waals surface area (Å²) >= 11 is 0. The van der Waals surface area contributed by atoms with Gasteiger partial charge in [0, 0.05) is 26.4 Å². The largest absolute Gasteiger partial charge is 0.478 e. The van der Waals surface area contributed by atoms with Crippen molar-refractivity contribution in [3.63, 3.8) is 0 Å². The van der Waals surface area contributed by atoms with Gasteiger partial charge in [-0.15, -0.1) is 0 Å². The van der Waals surface area contributed by atoms with E-state index >= 15 is 0 Å². The van der Waals surface area contributed by atoms with Crippen LogP contribution in [0, 0.1) is 0 Å². The van der Waals surface area contributed by atoms with Crippen LogP contribution in [0.2, 0.25) is 0 Å². The first-order valence-corrected chi connectivity index (χ1v) is 5.84. The van der Waals surface area contributed by atoms with Crippen LogP contribution in [0.25, 0.3) is 11.0 Å². The predicted octanol–water partition coefficient (Wildman–Crippen LogP) is 1.11. The first-order valence-electron chi connectivity index (χ1n) is 5.84. The molecule has 7 nitrogen and oxygen atoms in total. The Morgan fingerprint density at radius 3 is 2.95 bits per heavy atom. The summed E-state index contributed by atoms with van der Waals surface area (Å²) in [6.45, 7) is 2.39.